The van der Waals surface area contributed by atoms with E-state index in [-0.39, 0.29) is 0 Å². The number of hydrogen-bond donors (Lipinski definition) is 0. The molecule has 0 radical (unpaired) electrons. The highest BCUT2D eigenvalue weighted by Gasteiger charge is 2.29. The summed E-state index contributed by atoms with van der Waals surface area (Å²) in [6.45, 7) is 10.5. The van der Waals surface area contributed by atoms with Crippen LogP contribution in [0, 0.1) is 0 Å². The van der Waals surface area contributed by atoms with Crippen molar-refractivity contribution in [3.05, 3.63) is 0 Å². The van der Waals surface area contributed by atoms with Crippen molar-refractivity contribution in [1.82, 2.24) is 0 Å². The zero-order chi connectivity index (χ0) is 16.0. The SMILES string of the molecule is CCCCCCCC(=S)OCCC[Si](C)(OCC)OCC. The minimum atomic E-state index is -1.99. The first kappa shape index (κ1) is 21.0. The molecule has 0 saturated carbocycles. The van der Waals surface area contributed by atoms with Crippen LogP contribution in [-0.4, -0.2) is 33.4 Å². The topological polar surface area (TPSA) is 27.7 Å². The van der Waals surface area contributed by atoms with E-state index in [0.717, 1.165) is 43.6 Å². The molecule has 5 heteroatoms. The average molecular weight is 335 g/mol. The van der Waals surface area contributed by atoms with E-state index in [9.17, 15) is 0 Å². The van der Waals surface area contributed by atoms with Gasteiger partial charge in [0.25, 0.3) is 0 Å². The Kier molecular flexibility index (Phi) is 13.7. The molecule has 0 N–H and O–H groups in total. The molecular weight excluding hydrogens is 300 g/mol. The molecule has 126 valence electrons. The molecule has 0 aliphatic carbocycles. The predicted octanol–water partition coefficient (Wildman–Crippen LogP) is 5.23. The van der Waals surface area contributed by atoms with Crippen molar-refractivity contribution in [2.24, 2.45) is 0 Å². The van der Waals surface area contributed by atoms with Crippen molar-refractivity contribution in [2.75, 3.05) is 19.8 Å². The van der Waals surface area contributed by atoms with Crippen molar-refractivity contribution in [2.45, 2.75) is 78.3 Å². The lowest BCUT2D eigenvalue weighted by atomic mass is 10.1. The van der Waals surface area contributed by atoms with Gasteiger partial charge >= 0.3 is 8.56 Å². The third-order valence-corrected chi connectivity index (χ3v) is 6.80. The van der Waals surface area contributed by atoms with Crippen LogP contribution in [0.15, 0.2) is 0 Å². The van der Waals surface area contributed by atoms with Crippen LogP contribution in [-0.2, 0) is 13.6 Å². The second kappa shape index (κ2) is 13.7. The van der Waals surface area contributed by atoms with Crippen LogP contribution in [0.2, 0.25) is 12.6 Å². The molecule has 3 nitrogen and oxygen atoms in total. The van der Waals surface area contributed by atoms with E-state index in [2.05, 4.69) is 13.5 Å². The Morgan fingerprint density at radius 3 is 2.10 bits per heavy atom. The van der Waals surface area contributed by atoms with E-state index in [0.29, 0.717) is 6.61 Å². The van der Waals surface area contributed by atoms with Gasteiger partial charge in [0, 0.05) is 19.6 Å². The minimum absolute atomic E-state index is 0.691. The Morgan fingerprint density at radius 2 is 1.52 bits per heavy atom. The molecule has 0 aromatic carbocycles. The molecule has 0 heterocycles. The molecule has 0 aromatic heterocycles. The van der Waals surface area contributed by atoms with Gasteiger partial charge in [-0.15, -0.1) is 0 Å². The summed E-state index contributed by atoms with van der Waals surface area (Å²) >= 11 is 5.27. The largest absolute Gasteiger partial charge is 0.487 e. The van der Waals surface area contributed by atoms with Crippen molar-refractivity contribution in [3.8, 4) is 0 Å². The summed E-state index contributed by atoms with van der Waals surface area (Å²) in [5.41, 5.74) is 0. The van der Waals surface area contributed by atoms with Crippen LogP contribution in [0.4, 0.5) is 0 Å². The van der Waals surface area contributed by atoms with Gasteiger partial charge in [0.05, 0.1) is 6.61 Å². The lowest BCUT2D eigenvalue weighted by Crippen LogP contribution is -2.38. The summed E-state index contributed by atoms with van der Waals surface area (Å²) < 4.78 is 17.3. The summed E-state index contributed by atoms with van der Waals surface area (Å²) in [5.74, 6) is 0. The quantitative estimate of drug-likeness (QED) is 0.247. The standard InChI is InChI=1S/C16H34O3SSi/c1-5-8-9-10-11-13-16(20)17-14-12-15-21(4,18-6-2)19-7-3/h5-15H2,1-4H3. The summed E-state index contributed by atoms with van der Waals surface area (Å²) in [6, 6.07) is 0.966. The Morgan fingerprint density at radius 1 is 0.905 bits per heavy atom. The van der Waals surface area contributed by atoms with Crippen LogP contribution in [0.25, 0.3) is 0 Å². The lowest BCUT2D eigenvalue weighted by molar-refractivity contribution is 0.185. The van der Waals surface area contributed by atoms with Crippen LogP contribution in [0.3, 0.4) is 0 Å². The maximum Gasteiger partial charge on any atom is 0.335 e. The Hall–Kier alpha value is 0.0269. The van der Waals surface area contributed by atoms with Gasteiger partial charge in [-0.2, -0.15) is 0 Å². The third-order valence-electron chi connectivity index (χ3n) is 3.42. The number of ether oxygens (including phenoxy) is 1. The molecule has 0 amide bonds. The number of thiocarbonyl (C=S) groups is 1. The Labute approximate surface area is 138 Å². The van der Waals surface area contributed by atoms with E-state index in [1.807, 2.05) is 13.8 Å². The van der Waals surface area contributed by atoms with Gasteiger partial charge in [0.1, 0.15) is 0 Å². The zero-order valence-electron chi connectivity index (χ0n) is 14.4. The van der Waals surface area contributed by atoms with Crippen molar-refractivity contribution >= 4 is 25.8 Å². The maximum atomic E-state index is 5.81. The van der Waals surface area contributed by atoms with Gasteiger partial charge in [-0.05, 0) is 51.5 Å². The first-order valence-electron chi connectivity index (χ1n) is 8.51. The monoisotopic (exact) mass is 334 g/mol. The fraction of sp³-hybridized carbons (Fsp3) is 0.938. The van der Waals surface area contributed by atoms with Gasteiger partial charge in [0.15, 0.2) is 5.05 Å². The van der Waals surface area contributed by atoms with Crippen molar-refractivity contribution in [1.29, 1.82) is 0 Å². The molecule has 0 aromatic rings. The molecular formula is C16H34O3SSi. The highest BCUT2D eigenvalue weighted by molar-refractivity contribution is 7.80. The van der Waals surface area contributed by atoms with Gasteiger partial charge in [-0.3, -0.25) is 0 Å². The molecule has 0 atom stereocenters. The fourth-order valence-corrected chi connectivity index (χ4v) is 4.93. The molecule has 0 saturated heterocycles. The normalized spacial score (nSPS) is 11.6. The lowest BCUT2D eigenvalue weighted by Gasteiger charge is -2.25. The van der Waals surface area contributed by atoms with Gasteiger partial charge in [0.2, 0.25) is 0 Å². The van der Waals surface area contributed by atoms with Gasteiger partial charge in [-0.25, -0.2) is 0 Å². The summed E-state index contributed by atoms with van der Waals surface area (Å²) in [5, 5.41) is 0.766. The molecule has 0 unspecified atom stereocenters. The average Bonchev–Trinajstić information content (AvgIpc) is 2.44. The van der Waals surface area contributed by atoms with Crippen LogP contribution in [0.5, 0.6) is 0 Å². The first-order chi connectivity index (χ1) is 10.1. The van der Waals surface area contributed by atoms with Gasteiger partial charge in [-0.1, -0.05) is 32.6 Å². The number of unbranched alkanes of at least 4 members (excludes halogenated alkanes) is 4. The smallest absolute Gasteiger partial charge is 0.335 e. The van der Waals surface area contributed by atoms with E-state index in [1.165, 1.54) is 25.7 Å². The van der Waals surface area contributed by atoms with Crippen LogP contribution < -0.4 is 0 Å². The fourth-order valence-electron chi connectivity index (χ4n) is 2.32. The second-order valence-corrected chi connectivity index (χ2v) is 9.29. The molecule has 0 aliphatic heterocycles. The zero-order valence-corrected chi connectivity index (χ0v) is 16.2. The Balaban J connectivity index is 3.65. The van der Waals surface area contributed by atoms with Crippen molar-refractivity contribution < 1.29 is 13.6 Å². The predicted molar refractivity (Wildman–Crippen MR) is 96.2 cm³/mol. The van der Waals surface area contributed by atoms with E-state index in [4.69, 9.17) is 25.8 Å². The van der Waals surface area contributed by atoms with Crippen LogP contribution >= 0.6 is 12.2 Å². The molecule has 0 aliphatic rings. The first-order valence-corrected chi connectivity index (χ1v) is 11.4. The van der Waals surface area contributed by atoms with Crippen LogP contribution in [0.1, 0.15) is 65.7 Å². The number of hydrogen-bond acceptors (Lipinski definition) is 4. The Bertz CT molecular complexity index is 256. The molecule has 0 rings (SSSR count). The van der Waals surface area contributed by atoms with E-state index >= 15 is 0 Å². The maximum absolute atomic E-state index is 5.81. The van der Waals surface area contributed by atoms with E-state index in [1.54, 1.807) is 0 Å². The molecule has 0 spiro atoms. The van der Waals surface area contributed by atoms with Crippen molar-refractivity contribution in [3.63, 3.8) is 0 Å². The third kappa shape index (κ3) is 12.3. The molecule has 21 heavy (non-hydrogen) atoms. The second-order valence-electron chi connectivity index (χ2n) is 5.49. The highest BCUT2D eigenvalue weighted by Crippen LogP contribution is 2.16. The minimum Gasteiger partial charge on any atom is -0.487 e. The molecule has 0 fully saturated rings. The highest BCUT2D eigenvalue weighted by atomic mass is 32.1. The van der Waals surface area contributed by atoms with E-state index < -0.39 is 8.56 Å². The van der Waals surface area contributed by atoms with Gasteiger partial charge < -0.3 is 13.6 Å². The summed E-state index contributed by atoms with van der Waals surface area (Å²) in [7, 11) is -1.99. The number of rotatable bonds is 14. The summed E-state index contributed by atoms with van der Waals surface area (Å²) in [6.07, 6.45) is 8.21. The molecule has 0 bridgehead atoms. The summed E-state index contributed by atoms with van der Waals surface area (Å²) in [4.78, 5) is 0.